The van der Waals surface area contributed by atoms with Gasteiger partial charge in [0, 0.05) is 11.7 Å². The molecule has 5 heteroatoms. The standard InChI is InChI=1S/C13H15N3O2/c17-12-13(18)16-11-7-9(5-6-10(11)15-12)14-8-3-1-2-4-8/h5-8,14H,1-4H2,(H,15,17)(H,16,18). The van der Waals surface area contributed by atoms with E-state index in [9.17, 15) is 9.59 Å². The Hall–Kier alpha value is -2.04. The van der Waals surface area contributed by atoms with Gasteiger partial charge in [-0.05, 0) is 31.0 Å². The van der Waals surface area contributed by atoms with Crippen LogP contribution in [0.1, 0.15) is 25.7 Å². The van der Waals surface area contributed by atoms with E-state index in [1.165, 1.54) is 25.7 Å². The van der Waals surface area contributed by atoms with Crippen molar-refractivity contribution in [2.24, 2.45) is 0 Å². The van der Waals surface area contributed by atoms with Crippen molar-refractivity contribution in [3.05, 3.63) is 38.9 Å². The Kier molecular flexibility index (Phi) is 2.66. The summed E-state index contributed by atoms with van der Waals surface area (Å²) in [6, 6.07) is 6.13. The van der Waals surface area contributed by atoms with Gasteiger partial charge >= 0.3 is 11.1 Å². The van der Waals surface area contributed by atoms with Crippen LogP contribution in [-0.4, -0.2) is 16.0 Å². The van der Waals surface area contributed by atoms with Gasteiger partial charge in [0.25, 0.3) is 0 Å². The summed E-state index contributed by atoms with van der Waals surface area (Å²) in [5.41, 5.74) is 1.07. The van der Waals surface area contributed by atoms with E-state index in [1.54, 1.807) is 0 Å². The molecule has 5 nitrogen and oxygen atoms in total. The Labute approximate surface area is 103 Å². The van der Waals surface area contributed by atoms with Gasteiger partial charge in [0.15, 0.2) is 0 Å². The minimum absolute atomic E-state index is 0.525. The van der Waals surface area contributed by atoms with Crippen molar-refractivity contribution in [3.63, 3.8) is 0 Å². The highest BCUT2D eigenvalue weighted by Crippen LogP contribution is 2.23. The van der Waals surface area contributed by atoms with Crippen molar-refractivity contribution in [2.75, 3.05) is 5.32 Å². The lowest BCUT2D eigenvalue weighted by Crippen LogP contribution is -2.28. The lowest BCUT2D eigenvalue weighted by Gasteiger charge is -2.13. The molecule has 1 aliphatic rings. The molecule has 94 valence electrons. The Morgan fingerprint density at radius 1 is 1.00 bits per heavy atom. The fraction of sp³-hybridized carbons (Fsp3) is 0.385. The maximum atomic E-state index is 11.3. The minimum atomic E-state index is -0.612. The molecule has 1 aromatic heterocycles. The Morgan fingerprint density at radius 2 is 1.67 bits per heavy atom. The summed E-state index contributed by atoms with van der Waals surface area (Å²) in [7, 11) is 0. The summed E-state index contributed by atoms with van der Waals surface area (Å²) in [6.45, 7) is 0. The summed E-state index contributed by atoms with van der Waals surface area (Å²) in [6.07, 6.45) is 4.94. The number of aromatic amines is 2. The predicted octanol–water partition coefficient (Wildman–Crippen LogP) is 1.57. The van der Waals surface area contributed by atoms with Gasteiger partial charge in [-0.15, -0.1) is 0 Å². The second-order valence-electron chi connectivity index (χ2n) is 4.79. The first-order valence-corrected chi connectivity index (χ1v) is 6.25. The SMILES string of the molecule is O=c1[nH]c2ccc(NC3CCCC3)cc2[nH]c1=O. The summed E-state index contributed by atoms with van der Waals surface area (Å²) in [5.74, 6) is 0. The van der Waals surface area contributed by atoms with Crippen molar-refractivity contribution >= 4 is 16.7 Å². The topological polar surface area (TPSA) is 77.8 Å². The van der Waals surface area contributed by atoms with Crippen LogP contribution in [0.5, 0.6) is 0 Å². The monoisotopic (exact) mass is 245 g/mol. The van der Waals surface area contributed by atoms with Crippen molar-refractivity contribution in [3.8, 4) is 0 Å². The molecule has 1 fully saturated rings. The van der Waals surface area contributed by atoms with Crippen molar-refractivity contribution < 1.29 is 0 Å². The molecule has 2 aromatic rings. The van der Waals surface area contributed by atoms with Gasteiger partial charge in [-0.3, -0.25) is 9.59 Å². The normalized spacial score (nSPS) is 16.2. The van der Waals surface area contributed by atoms with E-state index in [-0.39, 0.29) is 0 Å². The predicted molar refractivity (Wildman–Crippen MR) is 71.1 cm³/mol. The van der Waals surface area contributed by atoms with E-state index in [4.69, 9.17) is 0 Å². The third kappa shape index (κ3) is 2.03. The molecule has 1 aromatic carbocycles. The molecule has 0 unspecified atom stereocenters. The van der Waals surface area contributed by atoms with E-state index in [2.05, 4.69) is 15.3 Å². The molecule has 3 rings (SSSR count). The largest absolute Gasteiger partial charge is 0.382 e. The van der Waals surface area contributed by atoms with Crippen molar-refractivity contribution in [1.29, 1.82) is 0 Å². The molecule has 1 saturated carbocycles. The number of anilines is 1. The van der Waals surface area contributed by atoms with Crippen LogP contribution in [0.2, 0.25) is 0 Å². The molecule has 0 atom stereocenters. The first kappa shape index (κ1) is 11.1. The van der Waals surface area contributed by atoms with E-state index in [0.29, 0.717) is 17.1 Å². The van der Waals surface area contributed by atoms with Crippen LogP contribution in [0.15, 0.2) is 27.8 Å². The maximum Gasteiger partial charge on any atom is 0.314 e. The van der Waals surface area contributed by atoms with Gasteiger partial charge in [0.2, 0.25) is 0 Å². The second-order valence-corrected chi connectivity index (χ2v) is 4.79. The van der Waals surface area contributed by atoms with Crippen LogP contribution in [-0.2, 0) is 0 Å². The summed E-state index contributed by atoms with van der Waals surface area (Å²) >= 11 is 0. The molecular formula is C13H15N3O2. The molecule has 1 aliphatic carbocycles. The van der Waals surface area contributed by atoms with Crippen molar-refractivity contribution in [1.82, 2.24) is 9.97 Å². The Bertz CT molecular complexity index is 680. The number of fused-ring (bicyclic) bond motifs is 1. The highest BCUT2D eigenvalue weighted by molar-refractivity contribution is 5.78. The van der Waals surface area contributed by atoms with Crippen LogP contribution in [0, 0.1) is 0 Å². The first-order valence-electron chi connectivity index (χ1n) is 6.25. The number of nitrogens with one attached hydrogen (secondary N) is 3. The number of hydrogen-bond acceptors (Lipinski definition) is 3. The Morgan fingerprint density at radius 3 is 2.39 bits per heavy atom. The van der Waals surface area contributed by atoms with E-state index >= 15 is 0 Å². The highest BCUT2D eigenvalue weighted by Gasteiger charge is 2.14. The number of hydrogen-bond donors (Lipinski definition) is 3. The molecule has 0 aliphatic heterocycles. The number of aromatic nitrogens is 2. The van der Waals surface area contributed by atoms with Crippen LogP contribution in [0.4, 0.5) is 5.69 Å². The average molecular weight is 245 g/mol. The fourth-order valence-corrected chi connectivity index (χ4v) is 2.51. The zero-order valence-electron chi connectivity index (χ0n) is 9.95. The summed E-state index contributed by atoms with van der Waals surface area (Å²) < 4.78 is 0. The van der Waals surface area contributed by atoms with Gasteiger partial charge in [-0.25, -0.2) is 0 Å². The fourth-order valence-electron chi connectivity index (χ4n) is 2.51. The molecular weight excluding hydrogens is 230 g/mol. The lowest BCUT2D eigenvalue weighted by atomic mass is 10.2. The zero-order valence-corrected chi connectivity index (χ0v) is 9.95. The molecule has 0 saturated heterocycles. The van der Waals surface area contributed by atoms with E-state index < -0.39 is 11.1 Å². The number of H-pyrrole nitrogens is 2. The van der Waals surface area contributed by atoms with E-state index in [1.807, 2.05) is 18.2 Å². The van der Waals surface area contributed by atoms with Crippen LogP contribution in [0.25, 0.3) is 11.0 Å². The number of rotatable bonds is 2. The maximum absolute atomic E-state index is 11.3. The molecule has 18 heavy (non-hydrogen) atoms. The quantitative estimate of drug-likeness (QED) is 0.703. The second kappa shape index (κ2) is 4.33. The van der Waals surface area contributed by atoms with Crippen molar-refractivity contribution in [2.45, 2.75) is 31.7 Å². The molecule has 0 amide bonds. The lowest BCUT2D eigenvalue weighted by molar-refractivity contribution is 0.756. The van der Waals surface area contributed by atoms with Crippen LogP contribution in [0.3, 0.4) is 0 Å². The van der Waals surface area contributed by atoms with Gasteiger partial charge < -0.3 is 15.3 Å². The number of benzene rings is 1. The molecule has 1 heterocycles. The third-order valence-electron chi connectivity index (χ3n) is 3.45. The third-order valence-corrected chi connectivity index (χ3v) is 3.45. The average Bonchev–Trinajstić information content (AvgIpc) is 2.84. The molecule has 0 radical (unpaired) electrons. The minimum Gasteiger partial charge on any atom is -0.382 e. The molecule has 0 spiro atoms. The highest BCUT2D eigenvalue weighted by atomic mass is 16.2. The van der Waals surface area contributed by atoms with Gasteiger partial charge in [-0.2, -0.15) is 0 Å². The van der Waals surface area contributed by atoms with Gasteiger partial charge in [0.05, 0.1) is 11.0 Å². The van der Waals surface area contributed by atoms with Gasteiger partial charge in [0.1, 0.15) is 0 Å². The van der Waals surface area contributed by atoms with Crippen LogP contribution >= 0.6 is 0 Å². The smallest absolute Gasteiger partial charge is 0.314 e. The zero-order chi connectivity index (χ0) is 12.5. The summed E-state index contributed by atoms with van der Waals surface area (Å²) in [4.78, 5) is 27.6. The van der Waals surface area contributed by atoms with Crippen LogP contribution < -0.4 is 16.4 Å². The molecule has 0 bridgehead atoms. The first-order chi connectivity index (χ1) is 8.72. The summed E-state index contributed by atoms with van der Waals surface area (Å²) in [5, 5.41) is 3.45. The van der Waals surface area contributed by atoms with Gasteiger partial charge in [-0.1, -0.05) is 12.8 Å². The van der Waals surface area contributed by atoms with E-state index in [0.717, 1.165) is 5.69 Å². The Balaban J connectivity index is 1.97. The molecule has 3 N–H and O–H groups in total.